The molecular weight excluding hydrogens is 239 g/mol. The summed E-state index contributed by atoms with van der Waals surface area (Å²) in [6, 6.07) is 5.48. The molecule has 0 bridgehead atoms. The zero-order valence-electron chi connectivity index (χ0n) is 7.00. The molecule has 0 fully saturated rings. The van der Waals surface area contributed by atoms with E-state index in [0.29, 0.717) is 15.2 Å². The highest BCUT2D eigenvalue weighted by Gasteiger charge is 2.08. The van der Waals surface area contributed by atoms with Crippen LogP contribution in [0.5, 0.6) is 0 Å². The number of nitrogens with zero attached hydrogens (tertiary/aromatic N) is 1. The molecule has 2 nitrogen and oxygen atoms in total. The van der Waals surface area contributed by atoms with E-state index in [-0.39, 0.29) is 0 Å². The number of halogens is 2. The van der Waals surface area contributed by atoms with E-state index in [1.54, 1.807) is 12.3 Å². The van der Waals surface area contributed by atoms with E-state index in [1.807, 2.05) is 12.1 Å². The molecule has 0 atom stereocenters. The van der Waals surface area contributed by atoms with Crippen LogP contribution in [0.25, 0.3) is 10.4 Å². The minimum absolute atomic E-state index is 0.524. The van der Waals surface area contributed by atoms with Gasteiger partial charge in [-0.2, -0.15) is 0 Å². The molecule has 2 aromatic rings. The molecule has 0 aliphatic carbocycles. The van der Waals surface area contributed by atoms with Gasteiger partial charge in [-0.05, 0) is 6.07 Å². The van der Waals surface area contributed by atoms with E-state index < -0.39 is 0 Å². The van der Waals surface area contributed by atoms with E-state index in [2.05, 4.69) is 4.98 Å². The van der Waals surface area contributed by atoms with Crippen molar-refractivity contribution in [1.29, 1.82) is 0 Å². The number of nitrogen functional groups attached to an aromatic ring is 1. The standard InChI is InChI=1S/C9H6Cl2N2S/c10-6-3-1-2-5(8(6)11)7-4-13-9(12)14-7/h1-4H,(H2,12,13). The zero-order chi connectivity index (χ0) is 10.1. The first-order valence-corrected chi connectivity index (χ1v) is 5.41. The Bertz CT molecular complexity index is 468. The molecule has 0 aliphatic heterocycles. The molecule has 0 aliphatic rings. The van der Waals surface area contributed by atoms with Crippen LogP contribution < -0.4 is 5.73 Å². The minimum atomic E-state index is 0.524. The first-order valence-electron chi connectivity index (χ1n) is 3.84. The summed E-state index contributed by atoms with van der Waals surface area (Å²) in [6.45, 7) is 0. The first kappa shape index (κ1) is 9.77. The number of hydrogen-bond donors (Lipinski definition) is 1. The van der Waals surface area contributed by atoms with Gasteiger partial charge in [-0.1, -0.05) is 46.7 Å². The van der Waals surface area contributed by atoms with Gasteiger partial charge in [-0.25, -0.2) is 4.98 Å². The van der Waals surface area contributed by atoms with E-state index >= 15 is 0 Å². The number of benzene rings is 1. The number of nitrogens with two attached hydrogens (primary N) is 1. The lowest BCUT2D eigenvalue weighted by molar-refractivity contribution is 1.42. The molecule has 0 unspecified atom stereocenters. The van der Waals surface area contributed by atoms with E-state index in [1.165, 1.54) is 11.3 Å². The number of rotatable bonds is 1. The lowest BCUT2D eigenvalue weighted by atomic mass is 10.2. The largest absolute Gasteiger partial charge is 0.375 e. The second kappa shape index (κ2) is 3.77. The Morgan fingerprint density at radius 2 is 2.07 bits per heavy atom. The molecule has 0 amide bonds. The van der Waals surface area contributed by atoms with E-state index in [4.69, 9.17) is 28.9 Å². The molecule has 0 saturated heterocycles. The quantitative estimate of drug-likeness (QED) is 0.831. The van der Waals surface area contributed by atoms with Crippen molar-refractivity contribution in [2.45, 2.75) is 0 Å². The smallest absolute Gasteiger partial charge is 0.180 e. The van der Waals surface area contributed by atoms with Gasteiger partial charge in [-0.3, -0.25) is 0 Å². The molecule has 1 aromatic heterocycles. The molecule has 1 heterocycles. The summed E-state index contributed by atoms with van der Waals surface area (Å²) in [7, 11) is 0. The average Bonchev–Trinajstić information content (AvgIpc) is 2.57. The predicted molar refractivity (Wildman–Crippen MR) is 62.0 cm³/mol. The third-order valence-corrected chi connectivity index (χ3v) is 3.42. The Morgan fingerprint density at radius 1 is 1.29 bits per heavy atom. The van der Waals surface area contributed by atoms with Crippen molar-refractivity contribution in [3.63, 3.8) is 0 Å². The maximum atomic E-state index is 6.04. The second-order valence-corrected chi connectivity index (χ2v) is 4.51. The summed E-state index contributed by atoms with van der Waals surface area (Å²) in [5, 5.41) is 1.60. The molecule has 0 radical (unpaired) electrons. The highest BCUT2D eigenvalue weighted by Crippen LogP contribution is 2.36. The van der Waals surface area contributed by atoms with Crippen molar-refractivity contribution in [1.82, 2.24) is 4.98 Å². The summed E-state index contributed by atoms with van der Waals surface area (Å²) in [4.78, 5) is 4.88. The SMILES string of the molecule is Nc1ncc(-c2cccc(Cl)c2Cl)s1. The van der Waals surface area contributed by atoms with Crippen LogP contribution in [0.4, 0.5) is 5.13 Å². The highest BCUT2D eigenvalue weighted by atomic mass is 35.5. The Morgan fingerprint density at radius 3 is 2.71 bits per heavy atom. The van der Waals surface area contributed by atoms with E-state index in [9.17, 15) is 0 Å². The Hall–Kier alpha value is -0.770. The molecular formula is C9H6Cl2N2S. The van der Waals surface area contributed by atoms with Crippen molar-refractivity contribution >= 4 is 39.7 Å². The van der Waals surface area contributed by atoms with Gasteiger partial charge in [0.25, 0.3) is 0 Å². The lowest BCUT2D eigenvalue weighted by Gasteiger charge is -2.01. The average molecular weight is 245 g/mol. The number of thiazole rings is 1. The normalized spacial score (nSPS) is 10.4. The summed E-state index contributed by atoms with van der Waals surface area (Å²) in [5.74, 6) is 0. The molecule has 0 saturated carbocycles. The van der Waals surface area contributed by atoms with Gasteiger partial charge in [0.15, 0.2) is 5.13 Å². The second-order valence-electron chi connectivity index (χ2n) is 2.66. The molecule has 1 aromatic carbocycles. The van der Waals surface area contributed by atoms with Crippen LogP contribution in [0.1, 0.15) is 0 Å². The summed E-state index contributed by atoms with van der Waals surface area (Å²) in [5.41, 5.74) is 6.40. The fourth-order valence-electron chi connectivity index (χ4n) is 1.11. The van der Waals surface area contributed by atoms with Gasteiger partial charge < -0.3 is 5.73 Å². The molecule has 2 rings (SSSR count). The van der Waals surface area contributed by atoms with Crippen LogP contribution in [-0.4, -0.2) is 4.98 Å². The highest BCUT2D eigenvalue weighted by molar-refractivity contribution is 7.18. The monoisotopic (exact) mass is 244 g/mol. The van der Waals surface area contributed by atoms with Crippen LogP contribution in [0.2, 0.25) is 10.0 Å². The van der Waals surface area contributed by atoms with Crippen molar-refractivity contribution in [2.24, 2.45) is 0 Å². The Balaban J connectivity index is 2.57. The zero-order valence-corrected chi connectivity index (χ0v) is 9.33. The molecule has 14 heavy (non-hydrogen) atoms. The van der Waals surface area contributed by atoms with Gasteiger partial charge in [0, 0.05) is 11.8 Å². The topological polar surface area (TPSA) is 38.9 Å². The van der Waals surface area contributed by atoms with E-state index in [0.717, 1.165) is 10.4 Å². The van der Waals surface area contributed by atoms with Crippen LogP contribution in [0, 0.1) is 0 Å². The maximum Gasteiger partial charge on any atom is 0.180 e. The van der Waals surface area contributed by atoms with Crippen LogP contribution >= 0.6 is 34.5 Å². The van der Waals surface area contributed by atoms with Gasteiger partial charge >= 0.3 is 0 Å². The van der Waals surface area contributed by atoms with Crippen molar-refractivity contribution in [3.05, 3.63) is 34.4 Å². The summed E-state index contributed by atoms with van der Waals surface area (Å²) < 4.78 is 0. The van der Waals surface area contributed by atoms with Gasteiger partial charge in [0.2, 0.25) is 0 Å². The number of aromatic nitrogens is 1. The minimum Gasteiger partial charge on any atom is -0.375 e. The van der Waals surface area contributed by atoms with Crippen LogP contribution in [-0.2, 0) is 0 Å². The number of hydrogen-bond acceptors (Lipinski definition) is 3. The van der Waals surface area contributed by atoms with Crippen molar-refractivity contribution in [2.75, 3.05) is 5.73 Å². The Labute approximate surface area is 95.3 Å². The molecule has 5 heteroatoms. The van der Waals surface area contributed by atoms with Crippen molar-refractivity contribution in [3.8, 4) is 10.4 Å². The first-order chi connectivity index (χ1) is 6.68. The summed E-state index contributed by atoms with van der Waals surface area (Å²) >= 11 is 13.3. The Kier molecular flexibility index (Phi) is 2.63. The maximum absolute atomic E-state index is 6.04. The van der Waals surface area contributed by atoms with Gasteiger partial charge in [-0.15, -0.1) is 0 Å². The molecule has 72 valence electrons. The third-order valence-electron chi connectivity index (χ3n) is 1.74. The molecule has 0 spiro atoms. The summed E-state index contributed by atoms with van der Waals surface area (Å²) in [6.07, 6.45) is 1.69. The van der Waals surface area contributed by atoms with Crippen LogP contribution in [0.3, 0.4) is 0 Å². The molecule has 2 N–H and O–H groups in total. The fourth-order valence-corrected chi connectivity index (χ4v) is 2.28. The van der Waals surface area contributed by atoms with Crippen LogP contribution in [0.15, 0.2) is 24.4 Å². The third kappa shape index (κ3) is 1.71. The van der Waals surface area contributed by atoms with Crippen molar-refractivity contribution < 1.29 is 0 Å². The van der Waals surface area contributed by atoms with Gasteiger partial charge in [0.1, 0.15) is 0 Å². The predicted octanol–water partition coefficient (Wildman–Crippen LogP) is 3.70. The van der Waals surface area contributed by atoms with Gasteiger partial charge in [0.05, 0.1) is 14.9 Å². The lowest BCUT2D eigenvalue weighted by Crippen LogP contribution is -1.77. The number of anilines is 1. The fraction of sp³-hybridized carbons (Fsp3) is 0.